The number of para-hydroxylation sites is 1. The fourth-order valence-electron chi connectivity index (χ4n) is 3.92. The van der Waals surface area contributed by atoms with Crippen LogP contribution in [0.15, 0.2) is 28.2 Å². The van der Waals surface area contributed by atoms with Crippen molar-refractivity contribution in [2.24, 2.45) is 15.4 Å². The van der Waals surface area contributed by atoms with Crippen molar-refractivity contribution >= 4 is 45.7 Å². The summed E-state index contributed by atoms with van der Waals surface area (Å²) in [6, 6.07) is 7.03. The first-order valence-corrected chi connectivity index (χ1v) is 15.3. The van der Waals surface area contributed by atoms with E-state index in [-0.39, 0.29) is 5.41 Å². The molecule has 0 N–H and O–H groups in total. The molecule has 1 saturated heterocycles. The summed E-state index contributed by atoms with van der Waals surface area (Å²) >= 11 is 6.00. The van der Waals surface area contributed by atoms with Crippen molar-refractivity contribution < 1.29 is 10.9 Å². The molecule has 0 spiro atoms. The third-order valence-electron chi connectivity index (χ3n) is 5.66. The first-order valence-electron chi connectivity index (χ1n) is 10.5. The second-order valence-electron chi connectivity index (χ2n) is 9.58. The van der Waals surface area contributed by atoms with Crippen LogP contribution in [0.4, 0.5) is 5.69 Å². The van der Waals surface area contributed by atoms with Gasteiger partial charge >= 0.3 is 39.3 Å². The van der Waals surface area contributed by atoms with E-state index in [1.807, 2.05) is 0 Å². The van der Waals surface area contributed by atoms with Crippen molar-refractivity contribution in [3.8, 4) is 0 Å². The van der Waals surface area contributed by atoms with E-state index in [1.165, 1.54) is 39.8 Å². The number of amidine groups is 1. The second-order valence-corrected chi connectivity index (χ2v) is 14.6. The number of halogens is 2. The van der Waals surface area contributed by atoms with Crippen molar-refractivity contribution in [2.75, 3.05) is 13.1 Å². The minimum absolute atomic E-state index is 0.203. The van der Waals surface area contributed by atoms with E-state index in [2.05, 4.69) is 100 Å². The van der Waals surface area contributed by atoms with Gasteiger partial charge in [0.2, 0.25) is 0 Å². The van der Waals surface area contributed by atoms with E-state index in [4.69, 9.17) is 9.98 Å². The number of fused-ring (bicyclic) bond motifs is 1. The summed E-state index contributed by atoms with van der Waals surface area (Å²) in [6.45, 7) is 18.1. The van der Waals surface area contributed by atoms with Crippen molar-refractivity contribution in [1.82, 2.24) is 4.90 Å². The van der Waals surface area contributed by atoms with Crippen LogP contribution < -0.4 is 0 Å². The average molecular weight is 572 g/mol. The first kappa shape index (κ1) is 25.1. The van der Waals surface area contributed by atoms with E-state index < -0.39 is 0 Å². The fraction of sp³-hybridized carbons (Fsp3) is 0.652. The third kappa shape index (κ3) is 6.40. The topological polar surface area (TPSA) is 28.0 Å². The molecule has 1 fully saturated rings. The molecule has 0 aromatic heterocycles. The molecule has 3 rings (SSSR count). The standard InChI is InChI=1S/C23H35N3.2BrH.Ni/c1-15(2)17-10-8-11-18(16(3)4)21(17)24-19-12-9-13-26-14-20(23(5,6)7)25-22(19)26;;;/h8,10-11,15-16,20H,9,12-14H2,1-7H3;2*1H;/q;;;+2/p-2/t20-;;;/m1.../s1. The Labute approximate surface area is 197 Å². The van der Waals surface area contributed by atoms with E-state index in [1.54, 1.807) is 0 Å². The molecule has 0 aliphatic carbocycles. The zero-order valence-corrected chi connectivity index (χ0v) is 22.9. The molecule has 1 atom stereocenters. The predicted molar refractivity (Wildman–Crippen MR) is 131 cm³/mol. The molecule has 29 heavy (non-hydrogen) atoms. The molecular formula is C23H35Br2N3Ni. The number of aliphatic imine (C=N–C) groups is 2. The molecule has 0 saturated carbocycles. The van der Waals surface area contributed by atoms with E-state index in [0.717, 1.165) is 25.3 Å². The van der Waals surface area contributed by atoms with Crippen LogP contribution in [-0.2, 0) is 10.9 Å². The number of benzene rings is 1. The molecule has 0 bridgehead atoms. The van der Waals surface area contributed by atoms with Gasteiger partial charge in [-0.2, -0.15) is 0 Å². The van der Waals surface area contributed by atoms with Gasteiger partial charge in [0.25, 0.3) is 0 Å². The Morgan fingerprint density at radius 2 is 1.66 bits per heavy atom. The second kappa shape index (κ2) is 10.9. The van der Waals surface area contributed by atoms with Gasteiger partial charge in [0.1, 0.15) is 5.84 Å². The number of hydrogen-bond acceptors (Lipinski definition) is 3. The molecule has 0 unspecified atom stereocenters. The molecule has 1 aromatic rings. The summed E-state index contributed by atoms with van der Waals surface area (Å²) < 4.78 is 0. The van der Waals surface area contributed by atoms with Gasteiger partial charge in [0, 0.05) is 13.1 Å². The van der Waals surface area contributed by atoms with Crippen LogP contribution >= 0.6 is 28.5 Å². The predicted octanol–water partition coefficient (Wildman–Crippen LogP) is 7.62. The summed E-state index contributed by atoms with van der Waals surface area (Å²) in [5.41, 5.74) is 5.29. The van der Waals surface area contributed by atoms with Gasteiger partial charge in [0.15, 0.2) is 0 Å². The number of hydrogen-bond donors (Lipinski definition) is 0. The summed E-state index contributed by atoms with van der Waals surface area (Å²) in [5, 5.41) is 0. The molecule has 2 aliphatic heterocycles. The first-order chi connectivity index (χ1) is 13.6. The number of rotatable bonds is 3. The molecule has 6 heteroatoms. The summed E-state index contributed by atoms with van der Waals surface area (Å²) in [4.78, 5) is 12.8. The van der Waals surface area contributed by atoms with E-state index in [9.17, 15) is 0 Å². The summed E-state index contributed by atoms with van der Waals surface area (Å²) in [7, 11) is 1.25. The van der Waals surface area contributed by atoms with E-state index in [0.29, 0.717) is 17.9 Å². The zero-order valence-electron chi connectivity index (χ0n) is 18.7. The summed E-state index contributed by atoms with van der Waals surface area (Å²) in [5.74, 6) is 2.10. The van der Waals surface area contributed by atoms with Crippen LogP contribution in [0.3, 0.4) is 0 Å². The Morgan fingerprint density at radius 3 is 2.14 bits per heavy atom. The van der Waals surface area contributed by atoms with Crippen LogP contribution in [-0.4, -0.2) is 35.6 Å². The maximum absolute atomic E-state index is 5.26. The van der Waals surface area contributed by atoms with Gasteiger partial charge in [0.05, 0.1) is 17.4 Å². The third-order valence-corrected chi connectivity index (χ3v) is 5.66. The van der Waals surface area contributed by atoms with Crippen LogP contribution in [0.25, 0.3) is 0 Å². The van der Waals surface area contributed by atoms with Crippen molar-refractivity contribution in [3.63, 3.8) is 0 Å². The van der Waals surface area contributed by atoms with Crippen LogP contribution in [0.2, 0.25) is 0 Å². The Hall–Kier alpha value is -0.186. The Bertz CT molecular complexity index is 725. The number of piperidine rings is 1. The van der Waals surface area contributed by atoms with Gasteiger partial charge in [-0.05, 0) is 41.2 Å². The Kier molecular flexibility index (Phi) is 9.43. The average Bonchev–Trinajstić information content (AvgIpc) is 3.08. The van der Waals surface area contributed by atoms with Crippen LogP contribution in [0.1, 0.15) is 84.3 Å². The van der Waals surface area contributed by atoms with Crippen LogP contribution in [0, 0.1) is 5.41 Å². The van der Waals surface area contributed by atoms with Crippen molar-refractivity contribution in [1.29, 1.82) is 0 Å². The monoisotopic (exact) mass is 569 g/mol. The summed E-state index contributed by atoms with van der Waals surface area (Å²) in [6.07, 6.45) is 2.21. The fourth-order valence-corrected chi connectivity index (χ4v) is 3.92. The quantitative estimate of drug-likeness (QED) is 0.343. The molecule has 166 valence electrons. The van der Waals surface area contributed by atoms with Gasteiger partial charge in [-0.25, -0.2) is 4.99 Å². The molecular weight excluding hydrogens is 537 g/mol. The maximum atomic E-state index is 5.26. The molecule has 1 aromatic carbocycles. The van der Waals surface area contributed by atoms with Gasteiger partial charge < -0.3 is 4.90 Å². The van der Waals surface area contributed by atoms with Crippen LogP contribution in [0.5, 0.6) is 0 Å². The molecule has 0 amide bonds. The minimum atomic E-state index is 0.203. The van der Waals surface area contributed by atoms with Gasteiger partial charge in [-0.1, -0.05) is 66.7 Å². The van der Waals surface area contributed by atoms with Gasteiger partial charge in [-0.15, -0.1) is 0 Å². The molecule has 3 nitrogen and oxygen atoms in total. The van der Waals surface area contributed by atoms with E-state index >= 15 is 0 Å². The Balaban J connectivity index is 0.000000941. The SMILES string of the molecule is CC(C)c1cccc(C(C)C)c1N=C1CCCN2C[C@H](C(C)(C)C)N=C12.[Br][Ni][Br]. The van der Waals surface area contributed by atoms with Gasteiger partial charge in [-0.3, -0.25) is 4.99 Å². The zero-order chi connectivity index (χ0) is 21.8. The normalized spacial score (nSPS) is 20.8. The molecule has 2 heterocycles. The van der Waals surface area contributed by atoms with Crippen molar-refractivity contribution in [3.05, 3.63) is 29.3 Å². The Morgan fingerprint density at radius 1 is 1.10 bits per heavy atom. The molecule has 2 aliphatic rings. The van der Waals surface area contributed by atoms with Crippen molar-refractivity contribution in [2.45, 2.75) is 79.2 Å². The molecule has 0 radical (unpaired) electrons. The number of nitrogens with zero attached hydrogens (tertiary/aromatic N) is 3.